The maximum Gasteiger partial charge on any atom is 0.258 e. The maximum atomic E-state index is 13.6. The SMILES string of the molecule is CS(=O)(=O)N1CCc2cc(C(=O)N(Cc3cccs3)c3ccc4c(c3)OCCO4)ccc21. The first-order valence-electron chi connectivity index (χ1n) is 10.2. The van der Waals surface area contributed by atoms with Crippen LogP contribution in [0.2, 0.25) is 0 Å². The van der Waals surface area contributed by atoms with Gasteiger partial charge in [0.15, 0.2) is 11.5 Å². The largest absolute Gasteiger partial charge is 0.486 e. The van der Waals surface area contributed by atoms with Crippen molar-refractivity contribution in [3.05, 3.63) is 69.9 Å². The third-order valence-electron chi connectivity index (χ3n) is 5.56. The Morgan fingerprint density at radius 1 is 1.09 bits per heavy atom. The number of nitrogens with zero attached hydrogens (tertiary/aromatic N) is 2. The van der Waals surface area contributed by atoms with E-state index in [9.17, 15) is 13.2 Å². The number of amides is 1. The van der Waals surface area contributed by atoms with Crippen molar-refractivity contribution in [1.29, 1.82) is 0 Å². The number of carbonyl (C=O) groups excluding carboxylic acids is 1. The molecule has 2 aromatic carbocycles. The predicted molar refractivity (Wildman–Crippen MR) is 125 cm³/mol. The van der Waals surface area contributed by atoms with Gasteiger partial charge in [0, 0.05) is 28.7 Å². The van der Waals surface area contributed by atoms with Crippen LogP contribution in [-0.4, -0.2) is 40.3 Å². The number of benzene rings is 2. The highest BCUT2D eigenvalue weighted by atomic mass is 32.2. The molecule has 0 unspecified atom stereocenters. The highest BCUT2D eigenvalue weighted by Gasteiger charge is 2.28. The lowest BCUT2D eigenvalue weighted by atomic mass is 10.1. The van der Waals surface area contributed by atoms with Crippen molar-refractivity contribution < 1.29 is 22.7 Å². The number of anilines is 2. The first-order valence-corrected chi connectivity index (χ1v) is 13.0. The molecule has 2 aliphatic heterocycles. The van der Waals surface area contributed by atoms with E-state index in [2.05, 4.69) is 0 Å². The topological polar surface area (TPSA) is 76.2 Å². The Morgan fingerprint density at radius 3 is 2.66 bits per heavy atom. The van der Waals surface area contributed by atoms with E-state index >= 15 is 0 Å². The van der Waals surface area contributed by atoms with E-state index in [1.807, 2.05) is 41.8 Å². The molecule has 0 saturated heterocycles. The maximum absolute atomic E-state index is 13.6. The van der Waals surface area contributed by atoms with Crippen molar-refractivity contribution in [1.82, 2.24) is 0 Å². The molecular weight excluding hydrogens is 448 g/mol. The van der Waals surface area contributed by atoms with Crippen LogP contribution in [0.3, 0.4) is 0 Å². The lowest BCUT2D eigenvalue weighted by molar-refractivity contribution is 0.0985. The van der Waals surface area contributed by atoms with Crippen LogP contribution in [0.25, 0.3) is 0 Å². The summed E-state index contributed by atoms with van der Waals surface area (Å²) in [6.07, 6.45) is 1.78. The van der Waals surface area contributed by atoms with Crippen molar-refractivity contribution in [2.75, 3.05) is 35.2 Å². The third-order valence-corrected chi connectivity index (χ3v) is 7.60. The van der Waals surface area contributed by atoms with Gasteiger partial charge in [-0.1, -0.05) is 6.07 Å². The molecule has 0 radical (unpaired) electrons. The Morgan fingerprint density at radius 2 is 1.91 bits per heavy atom. The zero-order chi connectivity index (χ0) is 22.3. The predicted octanol–water partition coefficient (Wildman–Crippen LogP) is 3.69. The second-order valence-corrected chi connectivity index (χ2v) is 10.7. The van der Waals surface area contributed by atoms with Gasteiger partial charge in [0.1, 0.15) is 13.2 Å². The molecule has 5 rings (SSSR count). The minimum absolute atomic E-state index is 0.157. The molecule has 0 fully saturated rings. The number of thiophene rings is 1. The zero-order valence-electron chi connectivity index (χ0n) is 17.5. The van der Waals surface area contributed by atoms with E-state index in [0.29, 0.717) is 61.2 Å². The van der Waals surface area contributed by atoms with Gasteiger partial charge in [-0.3, -0.25) is 9.10 Å². The smallest absolute Gasteiger partial charge is 0.258 e. The summed E-state index contributed by atoms with van der Waals surface area (Å²) in [6, 6.07) is 14.7. The minimum Gasteiger partial charge on any atom is -0.486 e. The van der Waals surface area contributed by atoms with E-state index in [-0.39, 0.29) is 5.91 Å². The molecule has 32 heavy (non-hydrogen) atoms. The van der Waals surface area contributed by atoms with Crippen LogP contribution in [0.15, 0.2) is 53.9 Å². The van der Waals surface area contributed by atoms with Gasteiger partial charge in [-0.25, -0.2) is 8.42 Å². The van der Waals surface area contributed by atoms with Gasteiger partial charge in [-0.2, -0.15) is 0 Å². The number of carbonyl (C=O) groups is 1. The molecule has 3 aromatic rings. The minimum atomic E-state index is -3.34. The molecule has 0 aliphatic carbocycles. The fourth-order valence-corrected chi connectivity index (χ4v) is 5.69. The number of hydrogen-bond acceptors (Lipinski definition) is 6. The Bertz CT molecular complexity index is 1270. The fourth-order valence-electron chi connectivity index (χ4n) is 4.04. The molecule has 3 heterocycles. The fraction of sp³-hybridized carbons (Fsp3) is 0.261. The van der Waals surface area contributed by atoms with Crippen molar-refractivity contribution in [3.63, 3.8) is 0 Å². The Hall–Kier alpha value is -3.04. The van der Waals surface area contributed by atoms with Crippen molar-refractivity contribution in [2.24, 2.45) is 0 Å². The van der Waals surface area contributed by atoms with Gasteiger partial charge < -0.3 is 14.4 Å². The summed E-state index contributed by atoms with van der Waals surface area (Å²) in [6.45, 7) is 1.79. The van der Waals surface area contributed by atoms with E-state index in [1.54, 1.807) is 28.4 Å². The Balaban J connectivity index is 1.50. The van der Waals surface area contributed by atoms with Gasteiger partial charge in [0.05, 0.1) is 18.5 Å². The second-order valence-electron chi connectivity index (χ2n) is 7.73. The van der Waals surface area contributed by atoms with Crippen molar-refractivity contribution in [2.45, 2.75) is 13.0 Å². The molecule has 9 heteroatoms. The number of rotatable bonds is 5. The average molecular weight is 471 g/mol. The van der Waals surface area contributed by atoms with Crippen LogP contribution in [0.5, 0.6) is 11.5 Å². The van der Waals surface area contributed by atoms with E-state index in [0.717, 1.165) is 10.4 Å². The summed E-state index contributed by atoms with van der Waals surface area (Å²) in [4.78, 5) is 16.4. The molecule has 0 N–H and O–H groups in total. The highest BCUT2D eigenvalue weighted by Crippen LogP contribution is 2.36. The average Bonchev–Trinajstić information content (AvgIpc) is 3.45. The highest BCUT2D eigenvalue weighted by molar-refractivity contribution is 7.92. The van der Waals surface area contributed by atoms with Gasteiger partial charge in [0.25, 0.3) is 5.91 Å². The summed E-state index contributed by atoms with van der Waals surface area (Å²) < 4.78 is 36.8. The van der Waals surface area contributed by atoms with Gasteiger partial charge in [0.2, 0.25) is 10.0 Å². The van der Waals surface area contributed by atoms with E-state index in [4.69, 9.17) is 9.47 Å². The zero-order valence-corrected chi connectivity index (χ0v) is 19.1. The normalized spacial score (nSPS) is 14.8. The number of sulfonamides is 1. The molecule has 1 amide bonds. The summed E-state index contributed by atoms with van der Waals surface area (Å²) >= 11 is 1.59. The first kappa shape index (κ1) is 20.8. The molecule has 1 aromatic heterocycles. The van der Waals surface area contributed by atoms with Crippen LogP contribution >= 0.6 is 11.3 Å². The molecule has 0 spiro atoms. The van der Waals surface area contributed by atoms with Crippen LogP contribution < -0.4 is 18.7 Å². The lowest BCUT2D eigenvalue weighted by Gasteiger charge is -2.25. The molecule has 0 atom stereocenters. The van der Waals surface area contributed by atoms with E-state index in [1.165, 1.54) is 10.6 Å². The molecule has 166 valence electrons. The summed E-state index contributed by atoms with van der Waals surface area (Å²) in [5, 5.41) is 1.98. The first-order chi connectivity index (χ1) is 15.4. The number of hydrogen-bond donors (Lipinski definition) is 0. The summed E-state index contributed by atoms with van der Waals surface area (Å²) in [7, 11) is -3.34. The Kier molecular flexibility index (Phi) is 5.30. The summed E-state index contributed by atoms with van der Waals surface area (Å²) in [5.41, 5.74) is 2.74. The van der Waals surface area contributed by atoms with Crippen LogP contribution in [0.1, 0.15) is 20.8 Å². The Labute approximate surface area is 190 Å². The molecule has 0 saturated carbocycles. The van der Waals surface area contributed by atoms with Gasteiger partial charge in [-0.15, -0.1) is 11.3 Å². The third kappa shape index (κ3) is 3.93. The quantitative estimate of drug-likeness (QED) is 0.569. The molecule has 7 nitrogen and oxygen atoms in total. The monoisotopic (exact) mass is 470 g/mol. The van der Waals surface area contributed by atoms with E-state index < -0.39 is 10.0 Å². The van der Waals surface area contributed by atoms with Crippen LogP contribution in [0, 0.1) is 0 Å². The lowest BCUT2D eigenvalue weighted by Crippen LogP contribution is -2.30. The van der Waals surface area contributed by atoms with Gasteiger partial charge >= 0.3 is 0 Å². The van der Waals surface area contributed by atoms with Gasteiger partial charge in [-0.05, 0) is 53.8 Å². The molecule has 0 bridgehead atoms. The second kappa shape index (κ2) is 8.14. The van der Waals surface area contributed by atoms with Crippen molar-refractivity contribution in [3.8, 4) is 11.5 Å². The summed E-state index contributed by atoms with van der Waals surface area (Å²) in [5.74, 6) is 1.13. The number of ether oxygens (including phenoxy) is 2. The van der Waals surface area contributed by atoms with Crippen LogP contribution in [-0.2, 0) is 23.0 Å². The molecular formula is C23H22N2O5S2. The van der Waals surface area contributed by atoms with Crippen LogP contribution in [0.4, 0.5) is 11.4 Å². The number of fused-ring (bicyclic) bond motifs is 2. The van der Waals surface area contributed by atoms with Crippen molar-refractivity contribution >= 4 is 38.6 Å². The standard InChI is InChI=1S/C23H22N2O5S2/c1-32(27,28)25-9-8-16-13-17(4-6-20(16)25)23(26)24(15-19-3-2-12-31-19)18-5-7-21-22(14-18)30-11-10-29-21/h2-7,12-14H,8-11,15H2,1H3. The molecule has 2 aliphatic rings.